The second kappa shape index (κ2) is 8.27. The fraction of sp³-hybridized carbons (Fsp3) is 0.417. The van der Waals surface area contributed by atoms with Crippen LogP contribution < -0.4 is 0 Å². The minimum atomic E-state index is -0.781. The van der Waals surface area contributed by atoms with Gasteiger partial charge < -0.3 is 14.7 Å². The first kappa shape index (κ1) is 19.5. The molecule has 5 nitrogen and oxygen atoms in total. The Labute approximate surface area is 171 Å². The molecule has 2 aromatic rings. The second-order valence-corrected chi connectivity index (χ2v) is 8.18. The Bertz CT molecular complexity index is 864. The van der Waals surface area contributed by atoms with Crippen LogP contribution in [0.1, 0.15) is 49.7 Å². The predicted molar refractivity (Wildman–Crippen MR) is 111 cm³/mol. The molecule has 1 saturated heterocycles. The summed E-state index contributed by atoms with van der Waals surface area (Å²) in [5.74, 6) is -0.506. The van der Waals surface area contributed by atoms with E-state index in [1.54, 1.807) is 4.90 Å². The molecule has 29 heavy (non-hydrogen) atoms. The Morgan fingerprint density at radius 2 is 1.66 bits per heavy atom. The molecule has 1 fully saturated rings. The number of piperidine rings is 1. The highest BCUT2D eigenvalue weighted by Gasteiger charge is 2.33. The van der Waals surface area contributed by atoms with Crippen LogP contribution in [-0.2, 0) is 9.53 Å². The van der Waals surface area contributed by atoms with Crippen LogP contribution in [0, 0.1) is 5.92 Å². The van der Waals surface area contributed by atoms with Crippen molar-refractivity contribution in [3.63, 3.8) is 0 Å². The molecule has 0 spiro atoms. The monoisotopic (exact) mass is 393 g/mol. The van der Waals surface area contributed by atoms with Crippen molar-refractivity contribution in [1.82, 2.24) is 4.90 Å². The summed E-state index contributed by atoms with van der Waals surface area (Å²) in [5.41, 5.74) is 4.83. The number of aliphatic carboxylic acids is 1. The normalized spacial score (nSPS) is 20.8. The third-order valence-electron chi connectivity index (χ3n) is 6.32. The molecule has 5 heteroatoms. The summed E-state index contributed by atoms with van der Waals surface area (Å²) >= 11 is 0. The van der Waals surface area contributed by atoms with Gasteiger partial charge in [-0.3, -0.25) is 4.79 Å². The molecule has 0 bridgehead atoms. The topological polar surface area (TPSA) is 66.8 Å². The molecule has 2 aliphatic rings. The maximum atomic E-state index is 12.9. The fourth-order valence-electron chi connectivity index (χ4n) is 4.68. The van der Waals surface area contributed by atoms with Gasteiger partial charge in [-0.2, -0.15) is 0 Å². The molecule has 0 radical (unpaired) electrons. The molecule has 0 aromatic heterocycles. The molecule has 1 heterocycles. The second-order valence-electron chi connectivity index (χ2n) is 8.18. The van der Waals surface area contributed by atoms with Gasteiger partial charge in [0.25, 0.3) is 0 Å². The largest absolute Gasteiger partial charge is 0.481 e. The van der Waals surface area contributed by atoms with E-state index in [1.807, 2.05) is 31.2 Å². The van der Waals surface area contributed by atoms with Crippen molar-refractivity contribution < 1.29 is 19.4 Å². The van der Waals surface area contributed by atoms with Gasteiger partial charge in [0.2, 0.25) is 0 Å². The van der Waals surface area contributed by atoms with Crippen molar-refractivity contribution in [2.75, 3.05) is 13.2 Å². The van der Waals surface area contributed by atoms with Crippen molar-refractivity contribution in [3.05, 3.63) is 59.7 Å². The standard InChI is InChI=1S/C24H27NO4/c1-16-10-11-17(12-13-23(26)27)14-25(16)24(28)29-15-22-20-8-4-2-6-18(20)19-7-3-5-9-21(19)22/h2-9,16-17,22H,10-15H2,1H3,(H,26,27)/t16-,17+/m1/s1. The molecule has 0 unspecified atom stereocenters. The average molecular weight is 393 g/mol. The van der Waals surface area contributed by atoms with Crippen LogP contribution in [0.15, 0.2) is 48.5 Å². The summed E-state index contributed by atoms with van der Waals surface area (Å²) in [4.78, 5) is 25.5. The van der Waals surface area contributed by atoms with E-state index >= 15 is 0 Å². The van der Waals surface area contributed by atoms with E-state index in [0.29, 0.717) is 19.6 Å². The molecule has 1 amide bonds. The first-order valence-electron chi connectivity index (χ1n) is 10.4. The quantitative estimate of drug-likeness (QED) is 0.784. The zero-order chi connectivity index (χ0) is 20.4. The number of carbonyl (C=O) groups is 2. The van der Waals surface area contributed by atoms with Crippen molar-refractivity contribution in [3.8, 4) is 11.1 Å². The van der Waals surface area contributed by atoms with Crippen molar-refractivity contribution in [2.24, 2.45) is 5.92 Å². The zero-order valence-electron chi connectivity index (χ0n) is 16.7. The number of benzene rings is 2. The van der Waals surface area contributed by atoms with Crippen LogP contribution in [0.2, 0.25) is 0 Å². The van der Waals surface area contributed by atoms with Gasteiger partial charge in [-0.15, -0.1) is 0 Å². The minimum Gasteiger partial charge on any atom is -0.481 e. The number of nitrogens with zero attached hydrogens (tertiary/aromatic N) is 1. The van der Waals surface area contributed by atoms with Crippen LogP contribution >= 0.6 is 0 Å². The summed E-state index contributed by atoms with van der Waals surface area (Å²) in [5, 5.41) is 8.93. The first-order valence-corrected chi connectivity index (χ1v) is 10.4. The summed E-state index contributed by atoms with van der Waals surface area (Å²) in [6.45, 7) is 2.93. The van der Waals surface area contributed by atoms with E-state index in [0.717, 1.165) is 12.8 Å². The van der Waals surface area contributed by atoms with Crippen LogP contribution in [0.3, 0.4) is 0 Å². The highest BCUT2D eigenvalue weighted by molar-refractivity contribution is 5.79. The Morgan fingerprint density at radius 3 is 2.28 bits per heavy atom. The SMILES string of the molecule is C[C@@H]1CC[C@@H](CCC(=O)O)CN1C(=O)OCC1c2ccccc2-c2ccccc21. The van der Waals surface area contributed by atoms with E-state index in [-0.39, 0.29) is 30.4 Å². The Kier molecular flexibility index (Phi) is 5.56. The van der Waals surface area contributed by atoms with E-state index in [9.17, 15) is 9.59 Å². The molecule has 1 N–H and O–H groups in total. The fourth-order valence-corrected chi connectivity index (χ4v) is 4.68. The Hall–Kier alpha value is -2.82. The number of rotatable bonds is 5. The van der Waals surface area contributed by atoms with Crippen molar-refractivity contribution >= 4 is 12.1 Å². The zero-order valence-corrected chi connectivity index (χ0v) is 16.7. The van der Waals surface area contributed by atoms with Crippen molar-refractivity contribution in [1.29, 1.82) is 0 Å². The van der Waals surface area contributed by atoms with E-state index in [2.05, 4.69) is 24.3 Å². The van der Waals surface area contributed by atoms with Gasteiger partial charge in [0.1, 0.15) is 6.61 Å². The molecule has 2 aromatic carbocycles. The van der Waals surface area contributed by atoms with Gasteiger partial charge in [0, 0.05) is 24.9 Å². The highest BCUT2D eigenvalue weighted by Crippen LogP contribution is 2.44. The maximum Gasteiger partial charge on any atom is 0.410 e. The number of carbonyl (C=O) groups excluding carboxylic acids is 1. The molecule has 152 valence electrons. The number of hydrogen-bond donors (Lipinski definition) is 1. The van der Waals surface area contributed by atoms with Gasteiger partial charge in [-0.05, 0) is 54.4 Å². The molecule has 1 aliphatic heterocycles. The number of carboxylic acids is 1. The first-order chi connectivity index (χ1) is 14.0. The lowest BCUT2D eigenvalue weighted by atomic mass is 9.90. The molecule has 4 rings (SSSR count). The van der Waals surface area contributed by atoms with Gasteiger partial charge >= 0.3 is 12.1 Å². The number of fused-ring (bicyclic) bond motifs is 3. The number of hydrogen-bond acceptors (Lipinski definition) is 3. The summed E-state index contributed by atoms with van der Waals surface area (Å²) in [7, 11) is 0. The minimum absolute atomic E-state index is 0.0502. The van der Waals surface area contributed by atoms with Crippen LogP contribution in [0.25, 0.3) is 11.1 Å². The molecular weight excluding hydrogens is 366 g/mol. The third-order valence-corrected chi connectivity index (χ3v) is 6.32. The number of amides is 1. The van der Waals surface area contributed by atoms with E-state index in [4.69, 9.17) is 9.84 Å². The van der Waals surface area contributed by atoms with Gasteiger partial charge in [0.05, 0.1) is 0 Å². The van der Waals surface area contributed by atoms with E-state index in [1.165, 1.54) is 22.3 Å². The number of likely N-dealkylation sites (tertiary alicyclic amines) is 1. The van der Waals surface area contributed by atoms with Gasteiger partial charge in [0.15, 0.2) is 0 Å². The Balaban J connectivity index is 1.43. The van der Waals surface area contributed by atoms with Gasteiger partial charge in [-0.25, -0.2) is 4.79 Å². The average Bonchev–Trinajstić information content (AvgIpc) is 3.05. The third kappa shape index (κ3) is 4.00. The molecule has 2 atom stereocenters. The summed E-state index contributed by atoms with van der Waals surface area (Å²) in [6.07, 6.45) is 2.31. The predicted octanol–water partition coefficient (Wildman–Crippen LogP) is 4.90. The lowest BCUT2D eigenvalue weighted by Crippen LogP contribution is -2.46. The van der Waals surface area contributed by atoms with E-state index < -0.39 is 5.97 Å². The van der Waals surface area contributed by atoms with Crippen LogP contribution in [-0.4, -0.2) is 41.3 Å². The van der Waals surface area contributed by atoms with Gasteiger partial charge in [-0.1, -0.05) is 48.5 Å². The number of carboxylic acid groups (broad SMARTS) is 1. The Morgan fingerprint density at radius 1 is 1.03 bits per heavy atom. The lowest BCUT2D eigenvalue weighted by molar-refractivity contribution is -0.137. The maximum absolute atomic E-state index is 12.9. The van der Waals surface area contributed by atoms with Crippen LogP contribution in [0.5, 0.6) is 0 Å². The number of ether oxygens (including phenoxy) is 1. The lowest BCUT2D eigenvalue weighted by Gasteiger charge is -2.37. The summed E-state index contributed by atoms with van der Waals surface area (Å²) < 4.78 is 5.79. The smallest absolute Gasteiger partial charge is 0.410 e. The summed E-state index contributed by atoms with van der Waals surface area (Å²) in [6, 6.07) is 16.7. The molecule has 1 aliphatic carbocycles. The molecule has 0 saturated carbocycles. The van der Waals surface area contributed by atoms with Crippen LogP contribution in [0.4, 0.5) is 4.79 Å². The molecular formula is C24H27NO4. The highest BCUT2D eigenvalue weighted by atomic mass is 16.6. The van der Waals surface area contributed by atoms with Crippen molar-refractivity contribution in [2.45, 2.75) is 44.6 Å².